The highest BCUT2D eigenvalue weighted by Crippen LogP contribution is 1.96. The molecule has 0 fully saturated rings. The van der Waals surface area contributed by atoms with Crippen LogP contribution in [0.4, 0.5) is 0 Å². The Kier molecular flexibility index (Phi) is 1.82. The lowest BCUT2D eigenvalue weighted by atomic mass is 10.3. The maximum Gasteiger partial charge on any atom is 0.0858 e. The van der Waals surface area contributed by atoms with Crippen molar-refractivity contribution in [1.82, 2.24) is 20.0 Å². The van der Waals surface area contributed by atoms with Crippen LogP contribution in [0.15, 0.2) is 36.9 Å². The Morgan fingerprint density at radius 1 is 1.00 bits per heavy atom. The van der Waals surface area contributed by atoms with E-state index >= 15 is 0 Å². The normalized spacial score (nSPS) is 10.0. The molecule has 12 heavy (non-hydrogen) atoms. The minimum Gasteiger partial charge on any atom is -0.265 e. The highest BCUT2D eigenvalue weighted by molar-refractivity contribution is 5.09. The van der Waals surface area contributed by atoms with E-state index in [0.717, 1.165) is 5.56 Å². The molecule has 2 aromatic heterocycles. The van der Waals surface area contributed by atoms with Gasteiger partial charge in [0.1, 0.15) is 0 Å². The molecular weight excluding hydrogens is 152 g/mol. The maximum atomic E-state index is 4.00. The van der Waals surface area contributed by atoms with E-state index < -0.39 is 0 Å². The van der Waals surface area contributed by atoms with Gasteiger partial charge < -0.3 is 0 Å². The zero-order chi connectivity index (χ0) is 8.23. The molecule has 0 atom stereocenters. The van der Waals surface area contributed by atoms with Gasteiger partial charge in [-0.2, -0.15) is 15.0 Å². The molecule has 0 bridgehead atoms. The predicted octanol–water partition coefficient (Wildman–Crippen LogP) is 0.721. The molecule has 0 radical (unpaired) electrons. The van der Waals surface area contributed by atoms with Crippen LogP contribution in [-0.4, -0.2) is 20.0 Å². The minimum atomic E-state index is 0.704. The monoisotopic (exact) mass is 160 g/mol. The topological polar surface area (TPSA) is 43.6 Å². The van der Waals surface area contributed by atoms with E-state index in [1.165, 1.54) is 0 Å². The van der Waals surface area contributed by atoms with Crippen LogP contribution in [0.1, 0.15) is 5.56 Å². The van der Waals surface area contributed by atoms with E-state index in [2.05, 4.69) is 15.2 Å². The van der Waals surface area contributed by atoms with Crippen molar-refractivity contribution in [2.75, 3.05) is 0 Å². The van der Waals surface area contributed by atoms with E-state index in [0.29, 0.717) is 6.54 Å². The minimum absolute atomic E-state index is 0.704. The fourth-order valence-corrected chi connectivity index (χ4v) is 0.976. The van der Waals surface area contributed by atoms with E-state index in [4.69, 9.17) is 0 Å². The van der Waals surface area contributed by atoms with Gasteiger partial charge in [-0.05, 0) is 17.7 Å². The second-order valence-corrected chi connectivity index (χ2v) is 2.41. The van der Waals surface area contributed by atoms with Crippen molar-refractivity contribution < 1.29 is 0 Å². The van der Waals surface area contributed by atoms with Gasteiger partial charge in [0, 0.05) is 12.4 Å². The third kappa shape index (κ3) is 1.47. The molecule has 0 saturated heterocycles. The molecule has 0 aromatic carbocycles. The first-order valence-corrected chi connectivity index (χ1v) is 3.68. The number of rotatable bonds is 2. The summed E-state index contributed by atoms with van der Waals surface area (Å²) in [6, 6.07) is 3.90. The summed E-state index contributed by atoms with van der Waals surface area (Å²) in [5.74, 6) is 0. The molecule has 0 unspecified atom stereocenters. The highest BCUT2D eigenvalue weighted by atomic mass is 15.5. The molecule has 0 aliphatic rings. The molecule has 0 aliphatic carbocycles. The van der Waals surface area contributed by atoms with Gasteiger partial charge in [0.25, 0.3) is 0 Å². The van der Waals surface area contributed by atoms with E-state index in [1.807, 2.05) is 12.1 Å². The van der Waals surface area contributed by atoms with Gasteiger partial charge in [0.15, 0.2) is 0 Å². The first-order valence-electron chi connectivity index (χ1n) is 3.68. The van der Waals surface area contributed by atoms with Gasteiger partial charge in [-0.15, -0.1) is 0 Å². The molecule has 2 aromatic rings. The summed E-state index contributed by atoms with van der Waals surface area (Å²) in [5, 5.41) is 7.99. The first kappa shape index (κ1) is 6.97. The van der Waals surface area contributed by atoms with Crippen molar-refractivity contribution in [3.05, 3.63) is 42.5 Å². The predicted molar refractivity (Wildman–Crippen MR) is 43.4 cm³/mol. The van der Waals surface area contributed by atoms with Gasteiger partial charge in [0.05, 0.1) is 18.9 Å². The van der Waals surface area contributed by atoms with Crippen LogP contribution in [0.3, 0.4) is 0 Å². The van der Waals surface area contributed by atoms with Crippen molar-refractivity contribution in [3.8, 4) is 0 Å². The highest BCUT2D eigenvalue weighted by Gasteiger charge is 1.93. The molecule has 2 rings (SSSR count). The summed E-state index contributed by atoms with van der Waals surface area (Å²) in [6.45, 7) is 0.704. The zero-order valence-corrected chi connectivity index (χ0v) is 6.46. The van der Waals surface area contributed by atoms with Crippen molar-refractivity contribution in [2.45, 2.75) is 6.54 Å². The number of aromatic nitrogens is 4. The summed E-state index contributed by atoms with van der Waals surface area (Å²) in [7, 11) is 0. The van der Waals surface area contributed by atoms with Gasteiger partial charge in [-0.3, -0.25) is 4.98 Å². The maximum absolute atomic E-state index is 4.00. The van der Waals surface area contributed by atoms with Gasteiger partial charge in [-0.1, -0.05) is 0 Å². The number of nitrogens with zero attached hydrogens (tertiary/aromatic N) is 4. The lowest BCUT2D eigenvalue weighted by molar-refractivity contribution is 0.591. The molecule has 4 nitrogen and oxygen atoms in total. The summed E-state index contributed by atoms with van der Waals surface area (Å²) >= 11 is 0. The van der Waals surface area contributed by atoms with Crippen LogP contribution in [-0.2, 0) is 6.54 Å². The molecule has 4 heteroatoms. The summed E-state index contributed by atoms with van der Waals surface area (Å²) < 4.78 is 0. The Labute approximate surface area is 69.9 Å². The van der Waals surface area contributed by atoms with Crippen LogP contribution < -0.4 is 0 Å². The Bertz CT molecular complexity index is 327. The van der Waals surface area contributed by atoms with Crippen molar-refractivity contribution in [2.24, 2.45) is 0 Å². The van der Waals surface area contributed by atoms with Gasteiger partial charge >= 0.3 is 0 Å². The van der Waals surface area contributed by atoms with Gasteiger partial charge in [0.2, 0.25) is 0 Å². The molecule has 2 heterocycles. The Morgan fingerprint density at radius 3 is 2.33 bits per heavy atom. The van der Waals surface area contributed by atoms with E-state index in [-0.39, 0.29) is 0 Å². The van der Waals surface area contributed by atoms with E-state index in [1.54, 1.807) is 29.6 Å². The van der Waals surface area contributed by atoms with Crippen molar-refractivity contribution in [3.63, 3.8) is 0 Å². The summed E-state index contributed by atoms with van der Waals surface area (Å²) in [6.07, 6.45) is 6.86. The molecule has 0 aliphatic heterocycles. The molecule has 0 N–H and O–H groups in total. The van der Waals surface area contributed by atoms with Crippen LogP contribution in [0.5, 0.6) is 0 Å². The van der Waals surface area contributed by atoms with Gasteiger partial charge in [-0.25, -0.2) is 0 Å². The number of hydrogen-bond donors (Lipinski definition) is 0. The smallest absolute Gasteiger partial charge is 0.0858 e. The molecular formula is C8H8N4. The third-order valence-electron chi connectivity index (χ3n) is 1.54. The Hall–Kier alpha value is -1.71. The lowest BCUT2D eigenvalue weighted by Gasteiger charge is -1.97. The molecule has 0 amide bonds. The number of pyridine rings is 1. The molecule has 60 valence electrons. The number of hydrogen-bond acceptors (Lipinski definition) is 3. The van der Waals surface area contributed by atoms with Crippen LogP contribution in [0, 0.1) is 0 Å². The molecule has 0 spiro atoms. The lowest BCUT2D eigenvalue weighted by Crippen LogP contribution is -2.02. The van der Waals surface area contributed by atoms with Crippen molar-refractivity contribution >= 4 is 0 Å². The van der Waals surface area contributed by atoms with Crippen LogP contribution in [0.2, 0.25) is 0 Å². The molecule has 0 saturated carbocycles. The quantitative estimate of drug-likeness (QED) is 0.650. The summed E-state index contributed by atoms with van der Waals surface area (Å²) in [5.41, 5.74) is 1.15. The second-order valence-electron chi connectivity index (χ2n) is 2.41. The standard InChI is InChI=1S/C8H8N4/c1-3-9-4-2-8(1)7-12-10-5-6-11-12/h1-6H,7H2. The SMILES string of the molecule is c1cc(Cn2nccn2)ccn1. The largest absolute Gasteiger partial charge is 0.265 e. The average molecular weight is 160 g/mol. The third-order valence-corrected chi connectivity index (χ3v) is 1.54. The van der Waals surface area contributed by atoms with E-state index in [9.17, 15) is 0 Å². The van der Waals surface area contributed by atoms with Crippen LogP contribution >= 0.6 is 0 Å². The average Bonchev–Trinajstić information content (AvgIpc) is 2.59. The zero-order valence-electron chi connectivity index (χ0n) is 6.46. The first-order chi connectivity index (χ1) is 5.95. The fourth-order valence-electron chi connectivity index (χ4n) is 0.976. The second kappa shape index (κ2) is 3.13. The summed E-state index contributed by atoms with van der Waals surface area (Å²) in [4.78, 5) is 5.56. The fraction of sp³-hybridized carbons (Fsp3) is 0.125. The Morgan fingerprint density at radius 2 is 1.67 bits per heavy atom. The van der Waals surface area contributed by atoms with Crippen LogP contribution in [0.25, 0.3) is 0 Å². The van der Waals surface area contributed by atoms with Crippen molar-refractivity contribution in [1.29, 1.82) is 0 Å². The Balaban J connectivity index is 2.15.